The highest BCUT2D eigenvalue weighted by Crippen LogP contribution is 2.30. The van der Waals surface area contributed by atoms with E-state index in [1.54, 1.807) is 9.80 Å². The van der Waals surface area contributed by atoms with Crippen molar-refractivity contribution in [3.63, 3.8) is 0 Å². The number of nitrogens with zero attached hydrogens (tertiary/aromatic N) is 3. The van der Waals surface area contributed by atoms with Crippen LogP contribution in [-0.2, 0) is 4.79 Å². The highest BCUT2D eigenvalue weighted by atomic mass is 16.4. The van der Waals surface area contributed by atoms with Crippen LogP contribution in [0.25, 0.3) is 0 Å². The van der Waals surface area contributed by atoms with Gasteiger partial charge in [0.2, 0.25) is 0 Å². The molecule has 31 heavy (non-hydrogen) atoms. The van der Waals surface area contributed by atoms with Crippen molar-refractivity contribution in [2.75, 3.05) is 26.2 Å². The van der Waals surface area contributed by atoms with Crippen LogP contribution < -0.4 is 10.6 Å². The summed E-state index contributed by atoms with van der Waals surface area (Å²) < 4.78 is 0. The summed E-state index contributed by atoms with van der Waals surface area (Å²) in [6.07, 6.45) is 11.1. The lowest BCUT2D eigenvalue weighted by molar-refractivity contribution is -0.138. The average molecular weight is 428 g/mol. The molecule has 166 valence electrons. The first-order valence-electron chi connectivity index (χ1n) is 10.8. The number of amides is 2. The van der Waals surface area contributed by atoms with Crippen molar-refractivity contribution in [2.45, 2.75) is 44.3 Å². The smallest absolute Gasteiger partial charge is 0.320 e. The molecule has 9 nitrogen and oxygen atoms in total. The van der Waals surface area contributed by atoms with Crippen molar-refractivity contribution in [3.05, 3.63) is 47.4 Å². The van der Waals surface area contributed by atoms with E-state index in [1.807, 2.05) is 0 Å². The third kappa shape index (κ3) is 4.99. The Morgan fingerprint density at radius 1 is 1.29 bits per heavy atom. The third-order valence-corrected chi connectivity index (χ3v) is 6.06. The lowest BCUT2D eigenvalue weighted by Crippen LogP contribution is -2.47. The Hall–Kier alpha value is -3.07. The van der Waals surface area contributed by atoms with Crippen molar-refractivity contribution >= 4 is 12.0 Å². The van der Waals surface area contributed by atoms with E-state index in [1.165, 1.54) is 36.2 Å². The standard InChI is InChI=1S/C22H29N5O4/c28-18-11-16(13-23-14-18)19(12-20(29)30)27-10-9-26(22(27)31)8-2-4-17-6-5-15-3-1-7-24-21(15)25-17/h5-6,11,13-14,19,21,24-25,28H,1-4,7-10,12H2,(H,29,30)/t19-,21?/m0/s1. The zero-order valence-corrected chi connectivity index (χ0v) is 17.5. The molecule has 2 saturated heterocycles. The number of piperidine rings is 1. The van der Waals surface area contributed by atoms with Gasteiger partial charge < -0.3 is 25.3 Å². The first-order chi connectivity index (χ1) is 15.0. The van der Waals surface area contributed by atoms with Crippen LogP contribution in [0.15, 0.2) is 41.9 Å². The monoisotopic (exact) mass is 427 g/mol. The summed E-state index contributed by atoms with van der Waals surface area (Å²) in [5, 5.41) is 26.1. The zero-order chi connectivity index (χ0) is 21.8. The van der Waals surface area contributed by atoms with Gasteiger partial charge in [0.1, 0.15) is 5.75 Å². The van der Waals surface area contributed by atoms with Gasteiger partial charge in [0, 0.05) is 31.5 Å². The zero-order valence-electron chi connectivity index (χ0n) is 17.5. The molecular formula is C22H29N5O4. The minimum absolute atomic E-state index is 0.0469. The number of carboxylic acid groups (broad SMARTS) is 1. The number of allylic oxidation sites excluding steroid dienone is 3. The Morgan fingerprint density at radius 3 is 2.97 bits per heavy atom. The number of fused-ring (bicyclic) bond motifs is 1. The molecule has 1 unspecified atom stereocenters. The van der Waals surface area contributed by atoms with Gasteiger partial charge in [-0.2, -0.15) is 0 Å². The number of carbonyl (C=O) groups excluding carboxylic acids is 1. The molecule has 3 aliphatic heterocycles. The number of carbonyl (C=O) groups is 2. The minimum Gasteiger partial charge on any atom is -0.506 e. The Kier molecular flexibility index (Phi) is 6.41. The van der Waals surface area contributed by atoms with Gasteiger partial charge in [-0.1, -0.05) is 6.08 Å². The lowest BCUT2D eigenvalue weighted by atomic mass is 9.99. The normalized spacial score (nSPS) is 21.8. The highest BCUT2D eigenvalue weighted by Gasteiger charge is 2.35. The van der Waals surface area contributed by atoms with E-state index in [0.717, 1.165) is 25.8 Å². The van der Waals surface area contributed by atoms with Crippen molar-refractivity contribution in [1.82, 2.24) is 25.4 Å². The maximum absolute atomic E-state index is 13.0. The molecule has 0 bridgehead atoms. The van der Waals surface area contributed by atoms with Crippen LogP contribution in [0, 0.1) is 0 Å². The average Bonchev–Trinajstić information content (AvgIpc) is 3.12. The van der Waals surface area contributed by atoms with Crippen molar-refractivity contribution in [2.24, 2.45) is 0 Å². The quantitative estimate of drug-likeness (QED) is 0.501. The van der Waals surface area contributed by atoms with E-state index in [-0.39, 0.29) is 24.4 Å². The van der Waals surface area contributed by atoms with Crippen LogP contribution >= 0.6 is 0 Å². The number of aromatic hydroxyl groups is 1. The van der Waals surface area contributed by atoms with Gasteiger partial charge in [-0.05, 0) is 55.5 Å². The fourth-order valence-electron chi connectivity index (χ4n) is 4.49. The number of pyridine rings is 1. The molecule has 2 fully saturated rings. The number of carboxylic acids is 1. The molecule has 2 atom stereocenters. The predicted octanol–water partition coefficient (Wildman–Crippen LogP) is 1.94. The number of urea groups is 1. The molecule has 4 heterocycles. The number of aliphatic carboxylic acids is 1. The lowest BCUT2D eigenvalue weighted by Gasteiger charge is -2.32. The Bertz CT molecular complexity index is 900. The molecule has 0 aromatic carbocycles. The number of hydrogen-bond acceptors (Lipinski definition) is 6. The summed E-state index contributed by atoms with van der Waals surface area (Å²) >= 11 is 0. The topological polar surface area (TPSA) is 118 Å². The van der Waals surface area contributed by atoms with Gasteiger partial charge in [0.25, 0.3) is 0 Å². The van der Waals surface area contributed by atoms with Gasteiger partial charge in [-0.3, -0.25) is 15.1 Å². The fourth-order valence-corrected chi connectivity index (χ4v) is 4.49. The Labute approximate surface area is 181 Å². The van der Waals surface area contributed by atoms with E-state index in [0.29, 0.717) is 25.2 Å². The molecular weight excluding hydrogens is 398 g/mol. The fraction of sp³-hybridized carbons (Fsp3) is 0.500. The third-order valence-electron chi connectivity index (χ3n) is 6.06. The molecule has 0 radical (unpaired) electrons. The Balaban J connectivity index is 1.34. The first-order valence-corrected chi connectivity index (χ1v) is 10.8. The van der Waals surface area contributed by atoms with Crippen LogP contribution in [0.1, 0.15) is 43.7 Å². The second-order valence-electron chi connectivity index (χ2n) is 8.23. The number of dihydropyridines is 1. The molecule has 0 spiro atoms. The van der Waals surface area contributed by atoms with E-state index < -0.39 is 12.0 Å². The largest absolute Gasteiger partial charge is 0.506 e. The van der Waals surface area contributed by atoms with Crippen molar-refractivity contribution < 1.29 is 19.8 Å². The SMILES string of the molecule is O=C(O)C[C@@H](c1cncc(O)c1)N1CCN(CCCC2=CC=C3CCCNC3N2)C1=O. The molecule has 4 rings (SSSR count). The minimum atomic E-state index is -1.00. The maximum atomic E-state index is 13.0. The number of aromatic nitrogens is 1. The summed E-state index contributed by atoms with van der Waals surface area (Å²) in [5.74, 6) is -1.05. The van der Waals surface area contributed by atoms with Crippen LogP contribution in [0.2, 0.25) is 0 Å². The van der Waals surface area contributed by atoms with E-state index in [9.17, 15) is 19.8 Å². The van der Waals surface area contributed by atoms with Crippen molar-refractivity contribution in [1.29, 1.82) is 0 Å². The summed E-state index contributed by atoms with van der Waals surface area (Å²) in [4.78, 5) is 31.7. The van der Waals surface area contributed by atoms with Crippen LogP contribution in [0.4, 0.5) is 4.79 Å². The summed E-state index contributed by atoms with van der Waals surface area (Å²) in [7, 11) is 0. The second-order valence-corrected chi connectivity index (χ2v) is 8.23. The van der Waals surface area contributed by atoms with Gasteiger partial charge in [-0.15, -0.1) is 0 Å². The molecule has 1 aromatic heterocycles. The molecule has 1 aromatic rings. The molecule has 9 heteroatoms. The van der Waals surface area contributed by atoms with Crippen LogP contribution in [0.3, 0.4) is 0 Å². The highest BCUT2D eigenvalue weighted by molar-refractivity contribution is 5.78. The number of hydrogen-bond donors (Lipinski definition) is 4. The van der Waals surface area contributed by atoms with E-state index in [4.69, 9.17) is 0 Å². The van der Waals surface area contributed by atoms with Gasteiger partial charge in [0.05, 0.1) is 24.8 Å². The molecule has 0 aliphatic carbocycles. The van der Waals surface area contributed by atoms with E-state index >= 15 is 0 Å². The second kappa shape index (κ2) is 9.38. The van der Waals surface area contributed by atoms with Gasteiger partial charge >= 0.3 is 12.0 Å². The molecule has 3 aliphatic rings. The van der Waals surface area contributed by atoms with Crippen LogP contribution in [-0.4, -0.2) is 69.3 Å². The molecule has 0 saturated carbocycles. The number of rotatable bonds is 8. The van der Waals surface area contributed by atoms with Gasteiger partial charge in [-0.25, -0.2) is 4.79 Å². The molecule has 4 N–H and O–H groups in total. The first kappa shape index (κ1) is 21.2. The summed E-state index contributed by atoms with van der Waals surface area (Å²) in [6, 6.07) is 0.647. The summed E-state index contributed by atoms with van der Waals surface area (Å²) in [6.45, 7) is 2.64. The summed E-state index contributed by atoms with van der Waals surface area (Å²) in [5.41, 5.74) is 3.09. The predicted molar refractivity (Wildman–Crippen MR) is 114 cm³/mol. The van der Waals surface area contributed by atoms with E-state index in [2.05, 4.69) is 27.8 Å². The maximum Gasteiger partial charge on any atom is 0.320 e. The van der Waals surface area contributed by atoms with Crippen LogP contribution in [0.5, 0.6) is 5.75 Å². The van der Waals surface area contributed by atoms with Crippen molar-refractivity contribution in [3.8, 4) is 5.75 Å². The Morgan fingerprint density at radius 2 is 2.16 bits per heavy atom. The van der Waals surface area contributed by atoms with Gasteiger partial charge in [0.15, 0.2) is 0 Å². The molecule has 2 amide bonds. The number of nitrogens with one attached hydrogen (secondary N) is 2.